The molecule has 0 aliphatic rings. The van der Waals surface area contributed by atoms with Crippen molar-refractivity contribution >= 4 is 10.9 Å². The van der Waals surface area contributed by atoms with Crippen LogP contribution in [-0.2, 0) is 18.3 Å². The van der Waals surface area contributed by atoms with Gasteiger partial charge in [-0.3, -0.25) is 0 Å². The molecular weight excluding hydrogens is 200 g/mol. The third-order valence-corrected chi connectivity index (χ3v) is 2.78. The van der Waals surface area contributed by atoms with Gasteiger partial charge in [0.25, 0.3) is 0 Å². The van der Waals surface area contributed by atoms with E-state index in [-0.39, 0.29) is 0 Å². The minimum absolute atomic E-state index is 0.755. The fraction of sp³-hybridized carbons (Fsp3) is 0.385. The van der Waals surface area contributed by atoms with Crippen molar-refractivity contribution in [3.8, 4) is 0 Å². The molecule has 0 aliphatic carbocycles. The van der Waals surface area contributed by atoms with Crippen molar-refractivity contribution in [3.05, 3.63) is 36.0 Å². The second-order valence-corrected chi connectivity index (χ2v) is 3.95. The van der Waals surface area contributed by atoms with E-state index in [1.807, 2.05) is 0 Å². The molecule has 0 amide bonds. The Bertz CT molecular complexity index is 462. The largest absolute Gasteiger partial charge is 0.383 e. The molecule has 2 aromatic rings. The van der Waals surface area contributed by atoms with Gasteiger partial charge >= 0.3 is 0 Å². The summed E-state index contributed by atoms with van der Waals surface area (Å²) in [5.74, 6) is 0. The second-order valence-electron chi connectivity index (χ2n) is 3.95. The minimum atomic E-state index is 0.755. The summed E-state index contributed by atoms with van der Waals surface area (Å²) >= 11 is 0. The fourth-order valence-corrected chi connectivity index (χ4v) is 1.96. The number of methoxy groups -OCH3 is 1. The van der Waals surface area contributed by atoms with Crippen LogP contribution in [0.2, 0.25) is 0 Å². The first kappa shape index (κ1) is 11.2. The summed E-state index contributed by atoms with van der Waals surface area (Å²) in [6.45, 7) is 2.54. The average molecular weight is 218 g/mol. The summed E-state index contributed by atoms with van der Waals surface area (Å²) < 4.78 is 7.17. The van der Waals surface area contributed by atoms with Crippen LogP contribution in [0.15, 0.2) is 30.5 Å². The molecule has 3 heteroatoms. The smallest absolute Gasteiger partial charge is 0.0587 e. The number of fused-ring (bicyclic) bond motifs is 1. The maximum absolute atomic E-state index is 5.00. The van der Waals surface area contributed by atoms with Crippen LogP contribution in [0.1, 0.15) is 5.56 Å². The molecule has 0 spiro atoms. The lowest BCUT2D eigenvalue weighted by molar-refractivity contribution is 0.199. The first-order valence-corrected chi connectivity index (χ1v) is 5.55. The highest BCUT2D eigenvalue weighted by Gasteiger charge is 2.04. The number of para-hydroxylation sites is 1. The third kappa shape index (κ3) is 2.26. The van der Waals surface area contributed by atoms with Crippen LogP contribution in [-0.4, -0.2) is 24.8 Å². The predicted molar refractivity (Wildman–Crippen MR) is 66.5 cm³/mol. The molecule has 0 atom stereocenters. The number of aryl methyl sites for hydroxylation is 1. The zero-order chi connectivity index (χ0) is 11.4. The molecule has 16 heavy (non-hydrogen) atoms. The molecule has 0 saturated carbocycles. The van der Waals surface area contributed by atoms with Crippen LogP contribution < -0.4 is 5.32 Å². The van der Waals surface area contributed by atoms with E-state index in [4.69, 9.17) is 4.74 Å². The maximum atomic E-state index is 5.00. The summed E-state index contributed by atoms with van der Waals surface area (Å²) in [6.07, 6.45) is 2.18. The quantitative estimate of drug-likeness (QED) is 0.776. The summed E-state index contributed by atoms with van der Waals surface area (Å²) in [5, 5.41) is 4.70. The van der Waals surface area contributed by atoms with Gasteiger partial charge in [-0.2, -0.15) is 0 Å². The van der Waals surface area contributed by atoms with Crippen molar-refractivity contribution in [3.63, 3.8) is 0 Å². The summed E-state index contributed by atoms with van der Waals surface area (Å²) in [4.78, 5) is 0. The van der Waals surface area contributed by atoms with Crippen molar-refractivity contribution in [2.45, 2.75) is 6.54 Å². The molecule has 0 unspecified atom stereocenters. The van der Waals surface area contributed by atoms with E-state index in [0.29, 0.717) is 0 Å². The molecule has 3 nitrogen and oxygen atoms in total. The van der Waals surface area contributed by atoms with E-state index in [1.165, 1.54) is 16.5 Å². The lowest BCUT2D eigenvalue weighted by Crippen LogP contribution is -2.18. The molecule has 2 rings (SSSR count). The summed E-state index contributed by atoms with van der Waals surface area (Å²) in [6, 6.07) is 8.47. The number of aromatic nitrogens is 1. The van der Waals surface area contributed by atoms with E-state index in [2.05, 4.69) is 47.4 Å². The number of nitrogens with zero attached hydrogens (tertiary/aromatic N) is 1. The monoisotopic (exact) mass is 218 g/mol. The molecule has 1 aromatic carbocycles. The Balaban J connectivity index is 2.12. The molecule has 0 saturated heterocycles. The van der Waals surface area contributed by atoms with Gasteiger partial charge < -0.3 is 14.6 Å². The van der Waals surface area contributed by atoms with Crippen molar-refractivity contribution in [2.75, 3.05) is 20.3 Å². The highest BCUT2D eigenvalue weighted by atomic mass is 16.5. The molecule has 1 aromatic heterocycles. The van der Waals surface area contributed by atoms with Crippen LogP contribution in [0.25, 0.3) is 10.9 Å². The van der Waals surface area contributed by atoms with Crippen molar-refractivity contribution in [1.82, 2.24) is 9.88 Å². The Labute approximate surface area is 96.0 Å². The van der Waals surface area contributed by atoms with Gasteiger partial charge in [0.2, 0.25) is 0 Å². The van der Waals surface area contributed by atoms with Gasteiger partial charge in [-0.1, -0.05) is 18.2 Å². The Morgan fingerprint density at radius 1 is 1.31 bits per heavy atom. The van der Waals surface area contributed by atoms with E-state index >= 15 is 0 Å². The van der Waals surface area contributed by atoms with Crippen molar-refractivity contribution < 1.29 is 4.74 Å². The lowest BCUT2D eigenvalue weighted by atomic mass is 10.2. The number of ether oxygens (including phenoxy) is 1. The van der Waals surface area contributed by atoms with Gasteiger partial charge in [-0.05, 0) is 11.6 Å². The first-order valence-electron chi connectivity index (χ1n) is 5.55. The summed E-state index contributed by atoms with van der Waals surface area (Å²) in [5.41, 5.74) is 2.63. The topological polar surface area (TPSA) is 26.2 Å². The van der Waals surface area contributed by atoms with Crippen molar-refractivity contribution in [2.24, 2.45) is 7.05 Å². The SMILES string of the molecule is COCCNCc1cn(C)c2ccccc12. The normalized spacial score (nSPS) is 11.1. The predicted octanol–water partition coefficient (Wildman–Crippen LogP) is 1.91. The van der Waals surface area contributed by atoms with Gasteiger partial charge in [0.05, 0.1) is 6.61 Å². The molecule has 0 aliphatic heterocycles. The number of hydrogen-bond donors (Lipinski definition) is 1. The third-order valence-electron chi connectivity index (χ3n) is 2.78. The van der Waals surface area contributed by atoms with E-state index in [9.17, 15) is 0 Å². The van der Waals surface area contributed by atoms with Gasteiger partial charge in [0, 0.05) is 44.3 Å². The molecule has 0 fully saturated rings. The number of benzene rings is 1. The Hall–Kier alpha value is -1.32. The highest BCUT2D eigenvalue weighted by Crippen LogP contribution is 2.19. The van der Waals surface area contributed by atoms with Crippen LogP contribution in [0.5, 0.6) is 0 Å². The molecule has 1 N–H and O–H groups in total. The second kappa shape index (κ2) is 5.14. The highest BCUT2D eigenvalue weighted by molar-refractivity contribution is 5.83. The maximum Gasteiger partial charge on any atom is 0.0587 e. The summed E-state index contributed by atoms with van der Waals surface area (Å²) in [7, 11) is 3.81. The van der Waals surface area contributed by atoms with E-state index < -0.39 is 0 Å². The molecular formula is C13H18N2O. The number of rotatable bonds is 5. The van der Waals surface area contributed by atoms with Gasteiger partial charge in [-0.15, -0.1) is 0 Å². The molecule has 1 heterocycles. The lowest BCUT2D eigenvalue weighted by Gasteiger charge is -2.02. The standard InChI is InChI=1S/C13H18N2O/c1-15-10-11(9-14-7-8-16-2)12-5-3-4-6-13(12)15/h3-6,10,14H,7-9H2,1-2H3. The van der Waals surface area contributed by atoms with E-state index in [0.717, 1.165) is 19.7 Å². The van der Waals surface area contributed by atoms with Crippen LogP contribution in [0.3, 0.4) is 0 Å². The zero-order valence-corrected chi connectivity index (χ0v) is 9.86. The number of nitrogens with one attached hydrogen (secondary N) is 1. The van der Waals surface area contributed by atoms with E-state index in [1.54, 1.807) is 7.11 Å². The van der Waals surface area contributed by atoms with Gasteiger partial charge in [0.1, 0.15) is 0 Å². The van der Waals surface area contributed by atoms with Crippen LogP contribution in [0, 0.1) is 0 Å². The number of hydrogen-bond acceptors (Lipinski definition) is 2. The Kier molecular flexibility index (Phi) is 3.59. The van der Waals surface area contributed by atoms with Crippen molar-refractivity contribution in [1.29, 1.82) is 0 Å². The average Bonchev–Trinajstić information content (AvgIpc) is 2.63. The Morgan fingerprint density at radius 3 is 2.94 bits per heavy atom. The first-order chi connectivity index (χ1) is 7.83. The molecule has 0 bridgehead atoms. The molecule has 86 valence electrons. The van der Waals surface area contributed by atoms with Crippen LogP contribution >= 0.6 is 0 Å². The van der Waals surface area contributed by atoms with Crippen LogP contribution in [0.4, 0.5) is 0 Å². The fourth-order valence-electron chi connectivity index (χ4n) is 1.96. The molecule has 0 radical (unpaired) electrons. The Morgan fingerprint density at radius 2 is 2.12 bits per heavy atom. The van der Waals surface area contributed by atoms with Gasteiger partial charge in [-0.25, -0.2) is 0 Å². The van der Waals surface area contributed by atoms with Gasteiger partial charge in [0.15, 0.2) is 0 Å². The zero-order valence-electron chi connectivity index (χ0n) is 9.86. The minimum Gasteiger partial charge on any atom is -0.383 e.